The average molecular weight is 711 g/mol. The van der Waals surface area contributed by atoms with Crippen molar-refractivity contribution in [1.29, 1.82) is 0 Å². The van der Waals surface area contributed by atoms with Crippen LogP contribution in [-0.2, 0) is 14.3 Å². The van der Waals surface area contributed by atoms with Gasteiger partial charge in [-0.1, -0.05) is 0 Å². The van der Waals surface area contributed by atoms with Crippen molar-refractivity contribution in [1.82, 2.24) is 5.32 Å². The number of piperidine rings is 1. The number of hydrogen-bond donors (Lipinski definition) is 1. The van der Waals surface area contributed by atoms with Crippen molar-refractivity contribution in [3.8, 4) is 5.75 Å². The number of benzene rings is 1. The van der Waals surface area contributed by atoms with Crippen molar-refractivity contribution in [2.45, 2.75) is 51.6 Å². The maximum atomic E-state index is 12.2. The molecular formula is C19H24I3NO4. The fraction of sp³-hybridized carbons (Fsp3) is 0.579. The predicted octanol–water partition coefficient (Wildman–Crippen LogP) is 4.90. The molecule has 0 atom stereocenters. The van der Waals surface area contributed by atoms with Gasteiger partial charge in [-0.05, 0) is 126 Å². The summed E-state index contributed by atoms with van der Waals surface area (Å²) in [5, 5.41) is 3.32. The molecule has 5 nitrogen and oxygen atoms in total. The zero-order chi connectivity index (χ0) is 20.0. The van der Waals surface area contributed by atoms with Crippen molar-refractivity contribution >= 4 is 79.7 Å². The van der Waals surface area contributed by atoms with Crippen LogP contribution in [0, 0.1) is 16.6 Å². The van der Waals surface area contributed by atoms with Crippen LogP contribution in [0.3, 0.4) is 0 Å². The molecule has 0 saturated carbocycles. The number of carbonyl (C=O) groups is 2. The normalized spacial score (nSPS) is 15.4. The number of halogens is 3. The summed E-state index contributed by atoms with van der Waals surface area (Å²) in [6.45, 7) is 5.90. The molecule has 0 bridgehead atoms. The monoisotopic (exact) mass is 711 g/mol. The van der Waals surface area contributed by atoms with Gasteiger partial charge in [0.2, 0.25) is 0 Å². The van der Waals surface area contributed by atoms with Crippen molar-refractivity contribution < 1.29 is 19.1 Å². The van der Waals surface area contributed by atoms with Gasteiger partial charge in [0.05, 0.1) is 7.14 Å². The molecule has 8 heteroatoms. The average Bonchev–Trinajstić information content (AvgIpc) is 2.58. The van der Waals surface area contributed by atoms with Crippen LogP contribution >= 0.6 is 67.8 Å². The molecule has 1 aliphatic rings. The van der Waals surface area contributed by atoms with E-state index in [1.54, 1.807) is 0 Å². The lowest BCUT2D eigenvalue weighted by Gasteiger charge is -2.36. The summed E-state index contributed by atoms with van der Waals surface area (Å²) in [5.74, 6) is 0.399. The van der Waals surface area contributed by atoms with Gasteiger partial charge in [0.15, 0.2) is 5.75 Å². The quantitative estimate of drug-likeness (QED) is 0.248. The number of esters is 2. The van der Waals surface area contributed by atoms with Crippen LogP contribution in [0.1, 0.15) is 46.0 Å². The minimum absolute atomic E-state index is 0.195. The Morgan fingerprint density at radius 1 is 1.07 bits per heavy atom. The molecule has 1 aliphatic heterocycles. The third-order valence-electron chi connectivity index (χ3n) is 4.64. The highest BCUT2D eigenvalue weighted by Gasteiger charge is 2.33. The number of ether oxygens (including phenoxy) is 2. The van der Waals surface area contributed by atoms with E-state index in [0.29, 0.717) is 18.1 Å². The lowest BCUT2D eigenvalue weighted by molar-refractivity contribution is -0.162. The zero-order valence-electron chi connectivity index (χ0n) is 15.4. The number of carbonyl (C=O) groups excluding carboxylic acids is 2. The Bertz CT molecular complexity index is 665. The van der Waals surface area contributed by atoms with Gasteiger partial charge in [-0.25, -0.2) is 0 Å². The van der Waals surface area contributed by atoms with Crippen LogP contribution in [0.2, 0.25) is 0 Å². The van der Waals surface area contributed by atoms with Crippen LogP contribution in [0.25, 0.3) is 0 Å². The molecule has 0 radical (unpaired) electrons. The molecule has 0 aliphatic carbocycles. The van der Waals surface area contributed by atoms with Crippen LogP contribution < -0.4 is 10.1 Å². The summed E-state index contributed by atoms with van der Waals surface area (Å²) in [7, 11) is 0. The Balaban J connectivity index is 1.77. The van der Waals surface area contributed by atoms with E-state index in [9.17, 15) is 9.59 Å². The van der Waals surface area contributed by atoms with Crippen LogP contribution in [-0.4, -0.2) is 30.6 Å². The smallest absolute Gasteiger partial charge is 0.311 e. The molecule has 27 heavy (non-hydrogen) atoms. The van der Waals surface area contributed by atoms with E-state index in [2.05, 4.69) is 73.1 Å². The summed E-state index contributed by atoms with van der Waals surface area (Å²) in [6.07, 6.45) is 2.88. The van der Waals surface area contributed by atoms with Gasteiger partial charge in [-0.15, -0.1) is 0 Å². The molecule has 1 saturated heterocycles. The van der Waals surface area contributed by atoms with Crippen molar-refractivity contribution in [2.24, 2.45) is 5.92 Å². The van der Waals surface area contributed by atoms with Crippen LogP contribution in [0.15, 0.2) is 12.1 Å². The number of nitrogens with one attached hydrogen (secondary N) is 1. The van der Waals surface area contributed by atoms with Gasteiger partial charge in [0.1, 0.15) is 5.60 Å². The van der Waals surface area contributed by atoms with Gasteiger partial charge in [-0.3, -0.25) is 9.59 Å². The lowest BCUT2D eigenvalue weighted by atomic mass is 9.83. The first-order valence-corrected chi connectivity index (χ1v) is 12.2. The first-order chi connectivity index (χ1) is 12.7. The lowest BCUT2D eigenvalue weighted by Crippen LogP contribution is -2.42. The SMILES string of the molecule is CC(C)(OC(=O)CCCC(=O)Oc1c(I)cc(I)cc1I)C1CCNCC1. The Morgan fingerprint density at radius 2 is 1.63 bits per heavy atom. The highest BCUT2D eigenvalue weighted by atomic mass is 127. The number of hydrogen-bond acceptors (Lipinski definition) is 5. The molecule has 0 unspecified atom stereocenters. The zero-order valence-corrected chi connectivity index (χ0v) is 21.9. The second-order valence-corrected chi connectivity index (χ2v) is 10.7. The van der Waals surface area contributed by atoms with Gasteiger partial charge in [0.25, 0.3) is 0 Å². The van der Waals surface area contributed by atoms with E-state index in [1.807, 2.05) is 26.0 Å². The molecule has 2 rings (SSSR count). The Labute approximate surface area is 201 Å². The highest BCUT2D eigenvalue weighted by molar-refractivity contribution is 14.1. The minimum Gasteiger partial charge on any atom is -0.459 e. The Kier molecular flexibility index (Phi) is 9.53. The van der Waals surface area contributed by atoms with E-state index in [-0.39, 0.29) is 24.8 Å². The first-order valence-electron chi connectivity index (χ1n) is 8.97. The first kappa shape index (κ1) is 23.6. The molecule has 1 aromatic carbocycles. The fourth-order valence-electron chi connectivity index (χ4n) is 3.11. The molecule has 1 fully saturated rings. The molecule has 1 aromatic rings. The molecule has 0 aromatic heterocycles. The van der Waals surface area contributed by atoms with Gasteiger partial charge >= 0.3 is 11.9 Å². The van der Waals surface area contributed by atoms with Gasteiger partial charge in [-0.2, -0.15) is 0 Å². The third kappa shape index (κ3) is 7.57. The van der Waals surface area contributed by atoms with E-state index in [0.717, 1.165) is 36.6 Å². The highest BCUT2D eigenvalue weighted by Crippen LogP contribution is 2.31. The minimum atomic E-state index is -0.465. The molecule has 0 spiro atoms. The van der Waals surface area contributed by atoms with E-state index < -0.39 is 5.60 Å². The summed E-state index contributed by atoms with van der Waals surface area (Å²) < 4.78 is 14.1. The Morgan fingerprint density at radius 3 is 2.22 bits per heavy atom. The molecule has 0 amide bonds. The van der Waals surface area contributed by atoms with Gasteiger partial charge in [0, 0.05) is 22.3 Å². The second-order valence-electron chi connectivity index (χ2n) is 7.13. The van der Waals surface area contributed by atoms with E-state index in [4.69, 9.17) is 9.47 Å². The van der Waals surface area contributed by atoms with Crippen molar-refractivity contribution in [2.75, 3.05) is 13.1 Å². The van der Waals surface area contributed by atoms with Crippen molar-refractivity contribution in [3.05, 3.63) is 22.8 Å². The van der Waals surface area contributed by atoms with Crippen LogP contribution in [0.5, 0.6) is 5.75 Å². The fourth-order valence-corrected chi connectivity index (χ4v) is 6.92. The standard InChI is InChI=1S/C19H24I3NO4/c1-19(2,12-6-8-23-9-7-12)27-17(25)5-3-4-16(24)26-18-14(21)10-13(20)11-15(18)22/h10-12,23H,3-9H2,1-2H3. The molecular weight excluding hydrogens is 687 g/mol. The summed E-state index contributed by atoms with van der Waals surface area (Å²) >= 11 is 6.56. The topological polar surface area (TPSA) is 64.6 Å². The largest absolute Gasteiger partial charge is 0.459 e. The van der Waals surface area contributed by atoms with Crippen LogP contribution in [0.4, 0.5) is 0 Å². The molecule has 150 valence electrons. The number of rotatable bonds is 7. The molecule has 1 heterocycles. The molecule has 1 N–H and O–H groups in total. The summed E-state index contributed by atoms with van der Waals surface area (Å²) in [5.41, 5.74) is -0.465. The second kappa shape index (κ2) is 10.9. The summed E-state index contributed by atoms with van der Waals surface area (Å²) in [6, 6.07) is 3.93. The van der Waals surface area contributed by atoms with Crippen molar-refractivity contribution in [3.63, 3.8) is 0 Å². The third-order valence-corrected chi connectivity index (χ3v) is 6.87. The van der Waals surface area contributed by atoms with E-state index >= 15 is 0 Å². The summed E-state index contributed by atoms with van der Waals surface area (Å²) in [4.78, 5) is 24.3. The maximum Gasteiger partial charge on any atom is 0.311 e. The van der Waals surface area contributed by atoms with E-state index in [1.165, 1.54) is 0 Å². The maximum absolute atomic E-state index is 12.2. The Hall–Kier alpha value is 0.310. The predicted molar refractivity (Wildman–Crippen MR) is 130 cm³/mol. The van der Waals surface area contributed by atoms with Gasteiger partial charge < -0.3 is 14.8 Å².